The van der Waals surface area contributed by atoms with Crippen molar-refractivity contribution >= 4 is 11.6 Å². The van der Waals surface area contributed by atoms with Crippen LogP contribution in [-0.2, 0) is 6.54 Å². The Morgan fingerprint density at radius 3 is 2.72 bits per heavy atom. The van der Waals surface area contributed by atoms with E-state index in [1.165, 1.54) is 32.4 Å². The summed E-state index contributed by atoms with van der Waals surface area (Å²) in [4.78, 5) is 10.8. The quantitative estimate of drug-likeness (QED) is 0.886. The highest BCUT2D eigenvalue weighted by molar-refractivity contribution is 6.29. The van der Waals surface area contributed by atoms with Gasteiger partial charge in [0.2, 0.25) is 0 Å². The molecule has 0 saturated carbocycles. The number of rotatable bonds is 5. The molecule has 0 amide bonds. The molecule has 2 rings (SSSR count). The summed E-state index contributed by atoms with van der Waals surface area (Å²) in [5, 5.41) is 3.69. The van der Waals surface area contributed by atoms with Gasteiger partial charge >= 0.3 is 0 Å². The average Bonchev–Trinajstić information content (AvgIpc) is 2.41. The van der Waals surface area contributed by atoms with Gasteiger partial charge in [-0.25, -0.2) is 4.98 Å². The fourth-order valence-electron chi connectivity index (χ4n) is 2.43. The highest BCUT2D eigenvalue weighted by atomic mass is 35.5. The molecule has 0 atom stereocenters. The molecule has 0 radical (unpaired) electrons. The van der Waals surface area contributed by atoms with Gasteiger partial charge in [-0.1, -0.05) is 11.6 Å². The highest BCUT2D eigenvalue weighted by Gasteiger charge is 2.19. The van der Waals surface area contributed by atoms with Crippen LogP contribution in [0.25, 0.3) is 0 Å². The second-order valence-corrected chi connectivity index (χ2v) is 5.33. The smallest absolute Gasteiger partial charge is 0.147 e. The van der Waals surface area contributed by atoms with Crippen LogP contribution in [0.1, 0.15) is 25.0 Å². The fraction of sp³-hybridized carbons (Fsp3) is 0.692. The highest BCUT2D eigenvalue weighted by Crippen LogP contribution is 2.21. The van der Waals surface area contributed by atoms with Gasteiger partial charge in [-0.2, -0.15) is 0 Å². The van der Waals surface area contributed by atoms with Gasteiger partial charge in [0.15, 0.2) is 0 Å². The van der Waals surface area contributed by atoms with Gasteiger partial charge < -0.3 is 5.32 Å². The topological polar surface area (TPSA) is 41.0 Å². The predicted octanol–water partition coefficient (Wildman–Crippen LogP) is 1.95. The minimum absolute atomic E-state index is 0.463. The molecule has 2 heterocycles. The molecule has 1 aromatic heterocycles. The van der Waals surface area contributed by atoms with Crippen LogP contribution in [0.3, 0.4) is 0 Å². The lowest BCUT2D eigenvalue weighted by molar-refractivity contribution is 0.170. The van der Waals surface area contributed by atoms with E-state index in [1.807, 2.05) is 7.05 Å². The molecule has 100 valence electrons. The van der Waals surface area contributed by atoms with Crippen LogP contribution in [0.4, 0.5) is 0 Å². The molecule has 0 unspecified atom stereocenters. The van der Waals surface area contributed by atoms with Gasteiger partial charge in [0.05, 0.1) is 18.1 Å². The Morgan fingerprint density at radius 2 is 2.11 bits per heavy atom. The van der Waals surface area contributed by atoms with E-state index >= 15 is 0 Å². The Bertz CT molecular complexity index is 347. The van der Waals surface area contributed by atoms with Crippen LogP contribution in [0.15, 0.2) is 12.4 Å². The van der Waals surface area contributed by atoms with Gasteiger partial charge in [0.1, 0.15) is 5.15 Å². The van der Waals surface area contributed by atoms with Crippen molar-refractivity contribution < 1.29 is 0 Å². The lowest BCUT2D eigenvalue weighted by atomic mass is 9.93. The van der Waals surface area contributed by atoms with Crippen molar-refractivity contribution in [2.75, 3.05) is 26.7 Å². The molecule has 0 aromatic carbocycles. The molecule has 0 aliphatic carbocycles. The summed E-state index contributed by atoms with van der Waals surface area (Å²) < 4.78 is 0. The minimum Gasteiger partial charge on any atom is -0.320 e. The van der Waals surface area contributed by atoms with Crippen LogP contribution in [0, 0.1) is 5.92 Å². The molecular formula is C13H21ClN4. The van der Waals surface area contributed by atoms with E-state index in [9.17, 15) is 0 Å². The number of hydrogen-bond donors (Lipinski definition) is 1. The third-order valence-electron chi connectivity index (χ3n) is 3.57. The van der Waals surface area contributed by atoms with Gasteiger partial charge in [0.25, 0.3) is 0 Å². The largest absolute Gasteiger partial charge is 0.320 e. The fourth-order valence-corrected chi connectivity index (χ4v) is 2.53. The molecular weight excluding hydrogens is 248 g/mol. The number of hydrogen-bond acceptors (Lipinski definition) is 4. The van der Waals surface area contributed by atoms with Crippen molar-refractivity contribution in [3.63, 3.8) is 0 Å². The van der Waals surface area contributed by atoms with Crippen LogP contribution >= 0.6 is 11.6 Å². The molecule has 0 bridgehead atoms. The van der Waals surface area contributed by atoms with Gasteiger partial charge in [-0.3, -0.25) is 9.88 Å². The number of halogens is 1. The summed E-state index contributed by atoms with van der Waals surface area (Å²) in [7, 11) is 2.02. The summed E-state index contributed by atoms with van der Waals surface area (Å²) in [6.45, 7) is 4.35. The van der Waals surface area contributed by atoms with Crippen molar-refractivity contribution in [3.05, 3.63) is 23.2 Å². The third kappa shape index (κ3) is 4.19. The van der Waals surface area contributed by atoms with Crippen LogP contribution in [-0.4, -0.2) is 41.5 Å². The first-order valence-electron chi connectivity index (χ1n) is 6.61. The van der Waals surface area contributed by atoms with E-state index in [1.54, 1.807) is 12.4 Å². The first-order valence-corrected chi connectivity index (χ1v) is 6.99. The first kappa shape index (κ1) is 13.7. The Kier molecular flexibility index (Phi) is 5.35. The van der Waals surface area contributed by atoms with Crippen molar-refractivity contribution in [3.8, 4) is 0 Å². The maximum atomic E-state index is 5.73. The van der Waals surface area contributed by atoms with E-state index in [4.69, 9.17) is 11.6 Å². The lowest BCUT2D eigenvalue weighted by Crippen LogP contribution is -2.34. The number of nitrogens with zero attached hydrogens (tertiary/aromatic N) is 3. The van der Waals surface area contributed by atoms with Crippen LogP contribution < -0.4 is 5.32 Å². The van der Waals surface area contributed by atoms with Crippen molar-refractivity contribution in [2.24, 2.45) is 5.92 Å². The van der Waals surface area contributed by atoms with Crippen LogP contribution in [0.2, 0.25) is 5.15 Å². The average molecular weight is 269 g/mol. The molecule has 1 aliphatic heterocycles. The molecule has 0 spiro atoms. The Balaban J connectivity index is 1.74. The van der Waals surface area contributed by atoms with Crippen molar-refractivity contribution in [2.45, 2.75) is 25.8 Å². The molecule has 18 heavy (non-hydrogen) atoms. The Hall–Kier alpha value is -0.710. The maximum absolute atomic E-state index is 5.73. The van der Waals surface area contributed by atoms with Gasteiger partial charge in [-0.15, -0.1) is 0 Å². The molecule has 1 aromatic rings. The van der Waals surface area contributed by atoms with E-state index < -0.39 is 0 Å². The number of likely N-dealkylation sites (tertiary alicyclic amines) is 1. The summed E-state index contributed by atoms with van der Waals surface area (Å²) in [6.07, 6.45) is 7.28. The normalized spacial score (nSPS) is 18.1. The van der Waals surface area contributed by atoms with E-state index in [0.29, 0.717) is 5.15 Å². The van der Waals surface area contributed by atoms with E-state index in [0.717, 1.165) is 24.7 Å². The van der Waals surface area contributed by atoms with E-state index in [2.05, 4.69) is 20.2 Å². The predicted molar refractivity (Wildman–Crippen MR) is 73.6 cm³/mol. The van der Waals surface area contributed by atoms with Gasteiger partial charge in [0, 0.05) is 6.54 Å². The molecule has 1 fully saturated rings. The second kappa shape index (κ2) is 7.02. The monoisotopic (exact) mass is 268 g/mol. The second-order valence-electron chi connectivity index (χ2n) is 4.94. The van der Waals surface area contributed by atoms with Crippen molar-refractivity contribution in [1.29, 1.82) is 0 Å². The SMILES string of the molecule is CNCCC1CCN(Cc2cnc(Cl)cn2)CC1. The summed E-state index contributed by atoms with van der Waals surface area (Å²) in [5.41, 5.74) is 1.01. The third-order valence-corrected chi connectivity index (χ3v) is 3.76. The Labute approximate surface area is 114 Å². The lowest BCUT2D eigenvalue weighted by Gasteiger charge is -2.31. The number of aromatic nitrogens is 2. The number of nitrogens with one attached hydrogen (secondary N) is 1. The summed E-state index contributed by atoms with van der Waals surface area (Å²) >= 11 is 5.73. The molecule has 5 heteroatoms. The minimum atomic E-state index is 0.463. The summed E-state index contributed by atoms with van der Waals surface area (Å²) in [6, 6.07) is 0. The zero-order valence-electron chi connectivity index (χ0n) is 10.9. The zero-order chi connectivity index (χ0) is 12.8. The molecule has 4 nitrogen and oxygen atoms in total. The van der Waals surface area contributed by atoms with Gasteiger partial charge in [-0.05, 0) is 51.9 Å². The zero-order valence-corrected chi connectivity index (χ0v) is 11.7. The van der Waals surface area contributed by atoms with Crippen LogP contribution in [0.5, 0.6) is 0 Å². The first-order chi connectivity index (χ1) is 8.78. The van der Waals surface area contributed by atoms with E-state index in [-0.39, 0.29) is 0 Å². The standard InChI is InChI=1S/C13H21ClN4/c1-15-5-2-11-3-6-18(7-4-11)10-12-8-17-13(14)9-16-12/h8-9,11,15H,2-7,10H2,1H3. The molecule has 1 saturated heterocycles. The Morgan fingerprint density at radius 1 is 1.33 bits per heavy atom. The van der Waals surface area contributed by atoms with Crippen molar-refractivity contribution in [1.82, 2.24) is 20.2 Å². The maximum Gasteiger partial charge on any atom is 0.147 e. The molecule has 1 aliphatic rings. The molecule has 1 N–H and O–H groups in total. The number of piperidine rings is 1. The summed E-state index contributed by atoms with van der Waals surface area (Å²) in [5.74, 6) is 0.880.